The van der Waals surface area contributed by atoms with Crippen LogP contribution < -0.4 is 10.6 Å². The molecule has 0 spiro atoms. The fourth-order valence-corrected chi connectivity index (χ4v) is 3.23. The molecule has 0 heterocycles. The van der Waals surface area contributed by atoms with E-state index in [1.54, 1.807) is 0 Å². The molecule has 0 rings (SSSR count). The van der Waals surface area contributed by atoms with Gasteiger partial charge in [-0.05, 0) is 24.8 Å². The fraction of sp³-hybridized carbons (Fsp3) is 0.875. The predicted molar refractivity (Wildman–Crippen MR) is 136 cm³/mol. The lowest BCUT2D eigenvalue weighted by Crippen LogP contribution is -2.29. The third-order valence-electron chi connectivity index (χ3n) is 5.16. The number of carbonyl (C=O) groups excluding carboxylic acids is 2. The van der Waals surface area contributed by atoms with Crippen molar-refractivity contribution in [1.82, 2.24) is 10.6 Å². The number of hydrogen-bond donors (Lipinski definition) is 3. The van der Waals surface area contributed by atoms with Crippen LogP contribution in [-0.4, -0.2) is 82.2 Å². The minimum atomic E-state index is -0.725. The smallest absolute Gasteiger partial charge is 0.303 e. The van der Waals surface area contributed by atoms with Gasteiger partial charge in [0.15, 0.2) is 0 Å². The van der Waals surface area contributed by atoms with Crippen molar-refractivity contribution in [2.75, 3.05) is 59.3 Å². The molecule has 0 saturated heterocycles. The molecular formula is C24H45N5O7. The Balaban J connectivity index is 3.31. The maximum atomic E-state index is 11.8. The molecule has 0 aromatic carbocycles. The molecule has 0 aromatic heterocycles. The van der Waals surface area contributed by atoms with Gasteiger partial charge >= 0.3 is 5.97 Å². The summed E-state index contributed by atoms with van der Waals surface area (Å²) in [5, 5.41) is 17.6. The zero-order chi connectivity index (χ0) is 26.5. The van der Waals surface area contributed by atoms with Crippen molar-refractivity contribution in [3.8, 4) is 0 Å². The first-order valence-electron chi connectivity index (χ1n) is 13.1. The highest BCUT2D eigenvalue weighted by Gasteiger charge is 2.04. The molecule has 0 aliphatic rings. The van der Waals surface area contributed by atoms with Gasteiger partial charge in [-0.3, -0.25) is 14.4 Å². The number of nitrogens with zero attached hydrogens (tertiary/aromatic N) is 3. The molecule has 208 valence electrons. The van der Waals surface area contributed by atoms with Crippen molar-refractivity contribution in [3.63, 3.8) is 0 Å². The lowest BCUT2D eigenvalue weighted by atomic mass is 10.1. The summed E-state index contributed by atoms with van der Waals surface area (Å²) in [4.78, 5) is 36.7. The summed E-state index contributed by atoms with van der Waals surface area (Å²) >= 11 is 0. The molecule has 0 saturated carbocycles. The van der Waals surface area contributed by atoms with Crippen LogP contribution in [0.4, 0.5) is 0 Å². The lowest BCUT2D eigenvalue weighted by Gasteiger charge is -2.08. The molecule has 0 aliphatic heterocycles. The standard InChI is InChI=1S/C24H45N5O7/c25-29-28-15-17-35-19-21-36-20-18-34-16-14-27-23(31)11-9-13-26-22(30)10-7-5-3-1-2-4-6-8-12-24(32)33/h1-21H2,(H,26,30)(H,27,31)(H,32,33). The Labute approximate surface area is 214 Å². The average molecular weight is 516 g/mol. The van der Waals surface area contributed by atoms with E-state index in [9.17, 15) is 14.4 Å². The van der Waals surface area contributed by atoms with Crippen LogP contribution in [0.5, 0.6) is 0 Å². The first-order valence-corrected chi connectivity index (χ1v) is 13.1. The summed E-state index contributed by atoms with van der Waals surface area (Å²) in [5.74, 6) is -0.762. The second-order valence-corrected chi connectivity index (χ2v) is 8.32. The number of aliphatic carboxylic acids is 1. The van der Waals surface area contributed by atoms with Crippen molar-refractivity contribution >= 4 is 17.8 Å². The van der Waals surface area contributed by atoms with Gasteiger partial charge in [-0.1, -0.05) is 43.6 Å². The zero-order valence-corrected chi connectivity index (χ0v) is 21.6. The third-order valence-corrected chi connectivity index (χ3v) is 5.16. The van der Waals surface area contributed by atoms with Crippen LogP contribution in [0.1, 0.15) is 77.0 Å². The molecule has 12 heteroatoms. The monoisotopic (exact) mass is 515 g/mol. The summed E-state index contributed by atoms with van der Waals surface area (Å²) < 4.78 is 15.9. The molecule has 2 amide bonds. The Kier molecular flexibility index (Phi) is 25.4. The number of carboxylic acid groups (broad SMARTS) is 1. The quantitative estimate of drug-likeness (QED) is 0.0651. The maximum Gasteiger partial charge on any atom is 0.303 e. The molecule has 12 nitrogen and oxygen atoms in total. The lowest BCUT2D eigenvalue weighted by molar-refractivity contribution is -0.137. The predicted octanol–water partition coefficient (Wildman–Crippen LogP) is 3.34. The highest BCUT2D eigenvalue weighted by molar-refractivity contribution is 5.77. The van der Waals surface area contributed by atoms with E-state index >= 15 is 0 Å². The van der Waals surface area contributed by atoms with Crippen molar-refractivity contribution in [1.29, 1.82) is 0 Å². The number of carboxylic acids is 1. The van der Waals surface area contributed by atoms with Gasteiger partial charge in [-0.2, -0.15) is 0 Å². The van der Waals surface area contributed by atoms with Gasteiger partial charge in [-0.25, -0.2) is 0 Å². The van der Waals surface area contributed by atoms with Crippen molar-refractivity contribution in [2.24, 2.45) is 5.11 Å². The largest absolute Gasteiger partial charge is 0.481 e. The van der Waals surface area contributed by atoms with Crippen LogP contribution in [-0.2, 0) is 28.6 Å². The van der Waals surface area contributed by atoms with Gasteiger partial charge in [0.25, 0.3) is 0 Å². The van der Waals surface area contributed by atoms with Crippen molar-refractivity contribution in [3.05, 3.63) is 10.4 Å². The van der Waals surface area contributed by atoms with Crippen LogP contribution in [0.25, 0.3) is 10.4 Å². The molecule has 36 heavy (non-hydrogen) atoms. The van der Waals surface area contributed by atoms with Crippen molar-refractivity contribution in [2.45, 2.75) is 77.0 Å². The van der Waals surface area contributed by atoms with E-state index in [2.05, 4.69) is 20.7 Å². The summed E-state index contributed by atoms with van der Waals surface area (Å²) in [6.07, 6.45) is 9.74. The number of azide groups is 1. The number of ether oxygens (including phenoxy) is 3. The Morgan fingerprint density at radius 1 is 0.639 bits per heavy atom. The van der Waals surface area contributed by atoms with E-state index in [4.69, 9.17) is 24.8 Å². The van der Waals surface area contributed by atoms with Crippen LogP contribution >= 0.6 is 0 Å². The zero-order valence-electron chi connectivity index (χ0n) is 21.6. The second-order valence-electron chi connectivity index (χ2n) is 8.32. The molecule has 0 radical (unpaired) electrons. The first kappa shape index (κ1) is 33.6. The number of amides is 2. The summed E-state index contributed by atoms with van der Waals surface area (Å²) in [5.41, 5.74) is 8.11. The molecule has 3 N–H and O–H groups in total. The topological polar surface area (TPSA) is 172 Å². The minimum absolute atomic E-state index is 0.0272. The van der Waals surface area contributed by atoms with Gasteiger partial charge in [0.2, 0.25) is 11.8 Å². The molecule has 0 fully saturated rings. The number of nitrogens with one attached hydrogen (secondary N) is 2. The molecule has 0 aliphatic carbocycles. The Morgan fingerprint density at radius 2 is 1.11 bits per heavy atom. The van der Waals surface area contributed by atoms with E-state index < -0.39 is 5.97 Å². The van der Waals surface area contributed by atoms with E-state index in [-0.39, 0.29) is 18.2 Å². The van der Waals surface area contributed by atoms with E-state index in [1.165, 1.54) is 0 Å². The SMILES string of the molecule is [N-]=[N+]=NCCOCCOCCOCCNC(=O)CCCNC(=O)CCCCCCCCCCC(=O)O. The van der Waals surface area contributed by atoms with Crippen molar-refractivity contribution < 1.29 is 33.7 Å². The van der Waals surface area contributed by atoms with Crippen LogP contribution in [0.2, 0.25) is 0 Å². The number of unbranched alkanes of at least 4 members (excludes halogenated alkanes) is 7. The number of hydrogen-bond acceptors (Lipinski definition) is 7. The van der Waals surface area contributed by atoms with Gasteiger partial charge < -0.3 is 30.0 Å². The van der Waals surface area contributed by atoms with E-state index in [0.717, 1.165) is 51.4 Å². The van der Waals surface area contributed by atoms with Gasteiger partial charge in [0.1, 0.15) is 0 Å². The first-order chi connectivity index (χ1) is 17.6. The Morgan fingerprint density at radius 3 is 1.69 bits per heavy atom. The van der Waals surface area contributed by atoms with Crippen LogP contribution in [0, 0.1) is 0 Å². The third kappa shape index (κ3) is 27.8. The molecule has 0 bridgehead atoms. The van der Waals surface area contributed by atoms with Gasteiger partial charge in [0.05, 0.1) is 39.6 Å². The fourth-order valence-electron chi connectivity index (χ4n) is 3.23. The number of carbonyl (C=O) groups is 3. The highest BCUT2D eigenvalue weighted by atomic mass is 16.5. The molecule has 0 unspecified atom stereocenters. The Hall–Kier alpha value is -2.40. The van der Waals surface area contributed by atoms with Crippen LogP contribution in [0.3, 0.4) is 0 Å². The normalized spacial score (nSPS) is 10.6. The summed E-state index contributed by atoms with van der Waals surface area (Å²) in [6, 6.07) is 0. The molecule has 0 aromatic rings. The van der Waals surface area contributed by atoms with E-state index in [0.29, 0.717) is 78.5 Å². The Bertz CT molecular complexity index is 616. The average Bonchev–Trinajstić information content (AvgIpc) is 2.85. The van der Waals surface area contributed by atoms with Gasteiger partial charge in [0, 0.05) is 43.8 Å². The second kappa shape index (κ2) is 27.2. The molecule has 0 atom stereocenters. The van der Waals surface area contributed by atoms with E-state index in [1.807, 2.05) is 0 Å². The van der Waals surface area contributed by atoms with Crippen LogP contribution in [0.15, 0.2) is 5.11 Å². The van der Waals surface area contributed by atoms with Gasteiger partial charge in [-0.15, -0.1) is 0 Å². The maximum absolute atomic E-state index is 11.8. The summed E-state index contributed by atoms with van der Waals surface area (Å²) in [7, 11) is 0. The summed E-state index contributed by atoms with van der Waals surface area (Å²) in [6.45, 7) is 3.73. The minimum Gasteiger partial charge on any atom is -0.481 e. The highest BCUT2D eigenvalue weighted by Crippen LogP contribution is 2.10. The molecular weight excluding hydrogens is 470 g/mol. The number of rotatable bonds is 27.